The zero-order chi connectivity index (χ0) is 7.40. The Balaban J connectivity index is 2.59. The van der Waals surface area contributed by atoms with Gasteiger partial charge >= 0.3 is 0 Å². The Labute approximate surface area is 66.9 Å². The Morgan fingerprint density at radius 2 is 2.20 bits per heavy atom. The molecule has 1 aromatic heterocycles. The Hall–Kier alpha value is -0.616. The van der Waals surface area contributed by atoms with Crippen molar-refractivity contribution in [2.75, 3.05) is 5.32 Å². The molecule has 0 amide bonds. The maximum absolute atomic E-state index is 4.05. The lowest BCUT2D eigenvalue weighted by Crippen LogP contribution is -2.19. The second-order valence-corrected chi connectivity index (χ2v) is 3.52. The first-order valence-corrected chi connectivity index (χ1v) is 4.04. The van der Waals surface area contributed by atoms with Crippen LogP contribution >= 0.6 is 0 Å². The van der Waals surface area contributed by atoms with E-state index in [4.69, 9.17) is 0 Å². The smallest absolute Gasteiger partial charge is 0.125 e. The van der Waals surface area contributed by atoms with Gasteiger partial charge in [-0.25, -0.2) is 4.98 Å². The molecule has 0 aliphatic heterocycles. The highest BCUT2D eigenvalue weighted by molar-refractivity contribution is 6.37. The van der Waals surface area contributed by atoms with Crippen molar-refractivity contribution in [3.63, 3.8) is 0 Å². The third-order valence-corrected chi connectivity index (χ3v) is 1.25. The molecule has 0 bridgehead atoms. The minimum absolute atomic E-state index is 0.0647. The molecule has 1 N–H and O–H groups in total. The Morgan fingerprint density at radius 3 is 2.70 bits per heavy atom. The van der Waals surface area contributed by atoms with Crippen LogP contribution in [0.2, 0.25) is 0 Å². The van der Waals surface area contributed by atoms with Crippen LogP contribution in [0, 0.1) is 0 Å². The van der Waals surface area contributed by atoms with Crippen molar-refractivity contribution < 1.29 is 0 Å². The van der Waals surface area contributed by atoms with Crippen molar-refractivity contribution >= 4 is 26.3 Å². The Kier molecular flexibility index (Phi) is 2.64. The fourth-order valence-corrected chi connectivity index (χ4v) is 0.892. The first kappa shape index (κ1) is 7.49. The maximum atomic E-state index is 4.05. The molecular formula is C6H6N2Si2. The second kappa shape index (κ2) is 3.53. The number of nitrogens with zero attached hydrogens (tertiary/aromatic N) is 1. The van der Waals surface area contributed by atoms with E-state index >= 15 is 0 Å². The van der Waals surface area contributed by atoms with E-state index in [1.807, 2.05) is 18.2 Å². The largest absolute Gasteiger partial charge is 0.375 e. The monoisotopic (exact) mass is 162 g/mol. The van der Waals surface area contributed by atoms with Crippen molar-refractivity contribution in [3.8, 4) is 0 Å². The van der Waals surface area contributed by atoms with E-state index < -0.39 is 0 Å². The fourth-order valence-electron chi connectivity index (χ4n) is 0.596. The van der Waals surface area contributed by atoms with Crippen molar-refractivity contribution in [1.29, 1.82) is 0 Å². The van der Waals surface area contributed by atoms with Gasteiger partial charge in [-0.3, -0.25) is 0 Å². The molecule has 6 radical (unpaired) electrons. The predicted molar refractivity (Wildman–Crippen MR) is 43.2 cm³/mol. The predicted octanol–water partition coefficient (Wildman–Crippen LogP) is 0.114. The lowest BCUT2D eigenvalue weighted by molar-refractivity contribution is 1.23. The van der Waals surface area contributed by atoms with Gasteiger partial charge in [0.25, 0.3) is 0 Å². The summed E-state index contributed by atoms with van der Waals surface area (Å²) in [6.07, 6.45) is 1.74. The summed E-state index contributed by atoms with van der Waals surface area (Å²) in [5.41, 5.74) is 0. The van der Waals surface area contributed by atoms with Gasteiger partial charge in [0.05, 0.1) is 0 Å². The van der Waals surface area contributed by atoms with Gasteiger partial charge in [0.1, 0.15) is 5.82 Å². The number of hydrogen-bond acceptors (Lipinski definition) is 2. The highest BCUT2D eigenvalue weighted by Gasteiger charge is 1.92. The molecule has 0 saturated heterocycles. The molecule has 10 heavy (non-hydrogen) atoms. The molecule has 48 valence electrons. The molecule has 2 nitrogen and oxygen atoms in total. The fraction of sp³-hybridized carbons (Fsp3) is 0.167. The van der Waals surface area contributed by atoms with E-state index in [2.05, 4.69) is 30.8 Å². The average Bonchev–Trinajstić information content (AvgIpc) is 1.88. The summed E-state index contributed by atoms with van der Waals surface area (Å²) in [4.78, 5) is 4.05. The highest BCUT2D eigenvalue weighted by atomic mass is 28.2. The van der Waals surface area contributed by atoms with Gasteiger partial charge in [-0.05, 0) is 17.4 Å². The number of hydrogen-bond donors (Lipinski definition) is 1. The third-order valence-electron chi connectivity index (χ3n) is 0.957. The lowest BCUT2D eigenvalue weighted by atomic mass is 10.5. The molecule has 0 unspecified atom stereocenters. The van der Waals surface area contributed by atoms with Gasteiger partial charge < -0.3 is 5.32 Å². The van der Waals surface area contributed by atoms with Crippen molar-refractivity contribution in [1.82, 2.24) is 4.98 Å². The lowest BCUT2D eigenvalue weighted by Gasteiger charge is -2.06. The van der Waals surface area contributed by atoms with E-state index in [0.29, 0.717) is 0 Å². The molecule has 0 aliphatic carbocycles. The number of anilines is 1. The summed E-state index contributed by atoms with van der Waals surface area (Å²) >= 11 is 0. The van der Waals surface area contributed by atoms with E-state index in [-0.39, 0.29) is 5.29 Å². The molecule has 0 fully saturated rings. The molecule has 4 heteroatoms. The zero-order valence-electron chi connectivity index (χ0n) is 5.33. The molecule has 0 saturated carbocycles. The number of nitrogens with one attached hydrogen (secondary N) is 1. The van der Waals surface area contributed by atoms with Gasteiger partial charge in [-0.2, -0.15) is 0 Å². The highest BCUT2D eigenvalue weighted by Crippen LogP contribution is 1.98. The summed E-state index contributed by atoms with van der Waals surface area (Å²) in [5, 5.41) is 3.09. The van der Waals surface area contributed by atoms with Crippen molar-refractivity contribution in [3.05, 3.63) is 24.4 Å². The quantitative estimate of drug-likeness (QED) is 0.625. The molecule has 1 aromatic rings. The van der Waals surface area contributed by atoms with E-state index in [9.17, 15) is 0 Å². The summed E-state index contributed by atoms with van der Waals surface area (Å²) in [6, 6.07) is 5.70. The molecule has 0 atom stereocenters. The van der Waals surface area contributed by atoms with Crippen LogP contribution < -0.4 is 5.32 Å². The topological polar surface area (TPSA) is 24.9 Å². The van der Waals surface area contributed by atoms with Gasteiger partial charge in [-0.1, -0.05) is 6.07 Å². The van der Waals surface area contributed by atoms with Gasteiger partial charge in [0.2, 0.25) is 0 Å². The van der Waals surface area contributed by atoms with Crippen molar-refractivity contribution in [2.45, 2.75) is 5.29 Å². The molecule has 0 aromatic carbocycles. The SMILES string of the molecule is [Si]C([Si])Nc1ccccn1. The number of aromatic nitrogens is 1. The average molecular weight is 162 g/mol. The Bertz CT molecular complexity index is 188. The molecule has 1 heterocycles. The van der Waals surface area contributed by atoms with Crippen LogP contribution in [0.3, 0.4) is 0 Å². The molecular weight excluding hydrogens is 156 g/mol. The van der Waals surface area contributed by atoms with Crippen LogP contribution in [0.25, 0.3) is 0 Å². The van der Waals surface area contributed by atoms with E-state index in [0.717, 1.165) is 5.82 Å². The van der Waals surface area contributed by atoms with Crippen LogP contribution in [0.15, 0.2) is 24.4 Å². The second-order valence-electron chi connectivity index (χ2n) is 1.79. The number of pyridine rings is 1. The summed E-state index contributed by atoms with van der Waals surface area (Å²) in [5.74, 6) is 0.845. The van der Waals surface area contributed by atoms with Crippen LogP contribution in [0.1, 0.15) is 0 Å². The minimum atomic E-state index is 0.0647. The molecule has 0 aliphatic rings. The zero-order valence-corrected chi connectivity index (χ0v) is 7.33. The maximum Gasteiger partial charge on any atom is 0.125 e. The first-order valence-electron chi connectivity index (χ1n) is 2.89. The normalized spacial score (nSPS) is 9.90. The third kappa shape index (κ3) is 2.32. The number of rotatable bonds is 2. The van der Waals surface area contributed by atoms with Crippen molar-refractivity contribution in [2.24, 2.45) is 0 Å². The first-order chi connectivity index (χ1) is 4.79. The standard InChI is InChI=1S/C6H6N2Si2/c9-6(10)8-5-3-1-2-4-7-5/h1-4,6H,(H,7,8). The van der Waals surface area contributed by atoms with Crippen LogP contribution in [0.5, 0.6) is 0 Å². The summed E-state index contributed by atoms with van der Waals surface area (Å²) in [7, 11) is 6.64. The van der Waals surface area contributed by atoms with Gasteiger partial charge in [-0.15, -0.1) is 0 Å². The van der Waals surface area contributed by atoms with Crippen LogP contribution in [0.4, 0.5) is 5.82 Å². The Morgan fingerprint density at radius 1 is 1.40 bits per heavy atom. The molecule has 1 rings (SSSR count). The summed E-state index contributed by atoms with van der Waals surface area (Å²) in [6.45, 7) is 0. The summed E-state index contributed by atoms with van der Waals surface area (Å²) < 4.78 is 0. The van der Waals surface area contributed by atoms with Crippen LogP contribution in [-0.4, -0.2) is 30.8 Å². The van der Waals surface area contributed by atoms with E-state index in [1.165, 1.54) is 0 Å². The van der Waals surface area contributed by atoms with Crippen LogP contribution in [-0.2, 0) is 0 Å². The minimum Gasteiger partial charge on any atom is -0.375 e. The van der Waals surface area contributed by atoms with Gasteiger partial charge in [0, 0.05) is 26.7 Å². The molecule has 0 spiro atoms. The van der Waals surface area contributed by atoms with Gasteiger partial charge in [0.15, 0.2) is 0 Å². The van der Waals surface area contributed by atoms with E-state index in [1.54, 1.807) is 6.20 Å².